The molecule has 0 N–H and O–H groups in total. The van der Waals surface area contributed by atoms with Crippen LogP contribution < -0.4 is 10.4 Å². The second kappa shape index (κ2) is 6.64. The maximum Gasteiger partial charge on any atom is 0.347 e. The van der Waals surface area contributed by atoms with Gasteiger partial charge < -0.3 is 13.9 Å². The van der Waals surface area contributed by atoms with Gasteiger partial charge in [0.05, 0.1) is 6.61 Å². The van der Waals surface area contributed by atoms with Gasteiger partial charge in [-0.1, -0.05) is 6.92 Å². The van der Waals surface area contributed by atoms with E-state index in [4.69, 9.17) is 13.9 Å². The summed E-state index contributed by atoms with van der Waals surface area (Å²) in [6.45, 7) is 7.52. The lowest BCUT2D eigenvalue weighted by Crippen LogP contribution is -2.28. The topological polar surface area (TPSA) is 65.7 Å². The molecule has 0 aliphatic rings. The second-order valence-corrected chi connectivity index (χ2v) is 5.06. The molecule has 2 aromatic rings. The van der Waals surface area contributed by atoms with Gasteiger partial charge in [0, 0.05) is 17.0 Å². The highest BCUT2D eigenvalue weighted by Gasteiger charge is 2.20. The first-order chi connectivity index (χ1) is 10.5. The number of carbonyl (C=O) groups is 1. The number of esters is 1. The lowest BCUT2D eigenvalue weighted by atomic mass is 10.1. The normalized spacial score (nSPS) is 12.2. The fourth-order valence-electron chi connectivity index (χ4n) is 2.20. The fourth-order valence-corrected chi connectivity index (χ4v) is 2.20. The van der Waals surface area contributed by atoms with Crippen LogP contribution in [0.15, 0.2) is 27.4 Å². The van der Waals surface area contributed by atoms with Crippen molar-refractivity contribution in [1.29, 1.82) is 0 Å². The molecule has 0 saturated heterocycles. The number of hydrogen-bond donors (Lipinski definition) is 0. The Kier molecular flexibility index (Phi) is 4.85. The number of ether oxygens (including phenoxy) is 2. The molecule has 1 aromatic heterocycles. The molecular weight excluding hydrogens is 284 g/mol. The number of aryl methyl sites for hydroxylation is 1. The number of carbonyl (C=O) groups excluding carboxylic acids is 1. The summed E-state index contributed by atoms with van der Waals surface area (Å²) in [7, 11) is 0. The zero-order valence-corrected chi connectivity index (χ0v) is 13.3. The molecule has 0 saturated carbocycles. The average Bonchev–Trinajstić information content (AvgIpc) is 2.50. The SMILES string of the molecule is CCOC(=O)C(CC)Oc1ccc2c(C)c(C)c(=O)oc2c1. The van der Waals surface area contributed by atoms with E-state index in [1.54, 1.807) is 26.0 Å². The predicted molar refractivity (Wildman–Crippen MR) is 83.3 cm³/mol. The number of benzene rings is 1. The van der Waals surface area contributed by atoms with Crippen LogP contribution in [0.25, 0.3) is 11.0 Å². The molecule has 5 nitrogen and oxygen atoms in total. The molecule has 1 unspecified atom stereocenters. The zero-order chi connectivity index (χ0) is 16.3. The van der Waals surface area contributed by atoms with Crippen LogP contribution in [0.1, 0.15) is 31.4 Å². The van der Waals surface area contributed by atoms with Gasteiger partial charge in [-0.25, -0.2) is 9.59 Å². The van der Waals surface area contributed by atoms with Gasteiger partial charge in [0.25, 0.3) is 0 Å². The van der Waals surface area contributed by atoms with Gasteiger partial charge in [0.15, 0.2) is 6.10 Å². The molecule has 5 heteroatoms. The molecule has 0 fully saturated rings. The predicted octanol–water partition coefficient (Wildman–Crippen LogP) is 3.13. The van der Waals surface area contributed by atoms with Crippen molar-refractivity contribution in [2.75, 3.05) is 6.61 Å². The van der Waals surface area contributed by atoms with Crippen LogP contribution in [0.2, 0.25) is 0 Å². The second-order valence-electron chi connectivity index (χ2n) is 5.06. The van der Waals surface area contributed by atoms with E-state index in [1.165, 1.54) is 0 Å². The summed E-state index contributed by atoms with van der Waals surface area (Å²) >= 11 is 0. The van der Waals surface area contributed by atoms with Gasteiger partial charge in [-0.15, -0.1) is 0 Å². The maximum atomic E-state index is 11.8. The third-order valence-electron chi connectivity index (χ3n) is 3.63. The zero-order valence-electron chi connectivity index (χ0n) is 13.3. The summed E-state index contributed by atoms with van der Waals surface area (Å²) in [5.74, 6) is 0.0745. The molecule has 1 atom stereocenters. The van der Waals surface area contributed by atoms with E-state index < -0.39 is 12.1 Å². The van der Waals surface area contributed by atoms with Crippen molar-refractivity contribution in [3.8, 4) is 5.75 Å². The minimum absolute atomic E-state index is 0.309. The number of rotatable bonds is 5. The molecule has 22 heavy (non-hydrogen) atoms. The summed E-state index contributed by atoms with van der Waals surface area (Å²) in [5.41, 5.74) is 1.57. The molecule has 118 valence electrons. The van der Waals surface area contributed by atoms with Crippen LogP contribution in [0.5, 0.6) is 5.75 Å². The maximum absolute atomic E-state index is 11.8. The Balaban J connectivity index is 2.35. The van der Waals surface area contributed by atoms with Crippen molar-refractivity contribution in [2.24, 2.45) is 0 Å². The molecule has 0 spiro atoms. The van der Waals surface area contributed by atoms with Crippen LogP contribution in [0, 0.1) is 13.8 Å². The van der Waals surface area contributed by atoms with E-state index >= 15 is 0 Å². The molecule has 2 rings (SSSR count). The van der Waals surface area contributed by atoms with Gasteiger partial charge in [-0.3, -0.25) is 0 Å². The molecule has 1 heterocycles. The van der Waals surface area contributed by atoms with Gasteiger partial charge in [-0.2, -0.15) is 0 Å². The Morgan fingerprint density at radius 3 is 2.59 bits per heavy atom. The Hall–Kier alpha value is -2.30. The van der Waals surface area contributed by atoms with Gasteiger partial charge in [0.2, 0.25) is 0 Å². The first-order valence-electron chi connectivity index (χ1n) is 7.35. The van der Waals surface area contributed by atoms with E-state index in [0.717, 1.165) is 10.9 Å². The Morgan fingerprint density at radius 2 is 1.95 bits per heavy atom. The van der Waals surface area contributed by atoms with Crippen LogP contribution >= 0.6 is 0 Å². The highest BCUT2D eigenvalue weighted by Crippen LogP contribution is 2.25. The minimum Gasteiger partial charge on any atom is -0.479 e. The monoisotopic (exact) mass is 304 g/mol. The lowest BCUT2D eigenvalue weighted by molar-refractivity contribution is -0.151. The quantitative estimate of drug-likeness (QED) is 0.627. The third kappa shape index (κ3) is 3.13. The van der Waals surface area contributed by atoms with E-state index in [2.05, 4.69) is 0 Å². The summed E-state index contributed by atoms with van der Waals surface area (Å²) in [5, 5.41) is 0.855. The van der Waals surface area contributed by atoms with Crippen molar-refractivity contribution >= 4 is 16.9 Å². The molecule has 0 amide bonds. The van der Waals surface area contributed by atoms with Crippen molar-refractivity contribution < 1.29 is 18.7 Å². The van der Waals surface area contributed by atoms with Crippen molar-refractivity contribution in [3.05, 3.63) is 39.7 Å². The highest BCUT2D eigenvalue weighted by atomic mass is 16.6. The first-order valence-corrected chi connectivity index (χ1v) is 7.35. The van der Waals surface area contributed by atoms with E-state index in [1.807, 2.05) is 19.9 Å². The van der Waals surface area contributed by atoms with Crippen LogP contribution in [0.4, 0.5) is 0 Å². The Labute approximate surface area is 128 Å². The van der Waals surface area contributed by atoms with Crippen molar-refractivity contribution in [2.45, 2.75) is 40.2 Å². The highest BCUT2D eigenvalue weighted by molar-refractivity contribution is 5.82. The smallest absolute Gasteiger partial charge is 0.347 e. The molecule has 0 aliphatic carbocycles. The van der Waals surface area contributed by atoms with Gasteiger partial charge >= 0.3 is 11.6 Å². The minimum atomic E-state index is -0.671. The van der Waals surface area contributed by atoms with E-state index in [9.17, 15) is 9.59 Å². The average molecular weight is 304 g/mol. The largest absolute Gasteiger partial charge is 0.479 e. The molecule has 1 aromatic carbocycles. The van der Waals surface area contributed by atoms with Gasteiger partial charge in [-0.05, 0) is 44.9 Å². The Bertz CT molecular complexity index is 745. The van der Waals surface area contributed by atoms with Crippen LogP contribution in [0.3, 0.4) is 0 Å². The van der Waals surface area contributed by atoms with Crippen molar-refractivity contribution in [1.82, 2.24) is 0 Å². The molecular formula is C17H20O5. The standard InChI is InChI=1S/C17H20O5/c1-5-14(17(19)20-6-2)21-12-7-8-13-10(3)11(4)16(18)22-15(13)9-12/h7-9,14H,5-6H2,1-4H3. The molecule has 0 aliphatic heterocycles. The first kappa shape index (κ1) is 16.1. The summed E-state index contributed by atoms with van der Waals surface area (Å²) < 4.78 is 15.9. The van der Waals surface area contributed by atoms with Gasteiger partial charge in [0.1, 0.15) is 11.3 Å². The lowest BCUT2D eigenvalue weighted by Gasteiger charge is -2.16. The van der Waals surface area contributed by atoms with Crippen LogP contribution in [-0.4, -0.2) is 18.7 Å². The Morgan fingerprint density at radius 1 is 1.23 bits per heavy atom. The van der Waals surface area contributed by atoms with Crippen LogP contribution in [-0.2, 0) is 9.53 Å². The molecule has 0 bridgehead atoms. The van der Waals surface area contributed by atoms with E-state index in [0.29, 0.717) is 29.9 Å². The number of hydrogen-bond acceptors (Lipinski definition) is 5. The fraction of sp³-hybridized carbons (Fsp3) is 0.412. The summed E-state index contributed by atoms with van der Waals surface area (Å²) in [6, 6.07) is 5.22. The summed E-state index contributed by atoms with van der Waals surface area (Å²) in [4.78, 5) is 23.5. The molecule has 0 radical (unpaired) electrons. The third-order valence-corrected chi connectivity index (χ3v) is 3.63. The number of fused-ring (bicyclic) bond motifs is 1. The van der Waals surface area contributed by atoms with Crippen molar-refractivity contribution in [3.63, 3.8) is 0 Å². The van der Waals surface area contributed by atoms with E-state index in [-0.39, 0.29) is 5.63 Å². The summed E-state index contributed by atoms with van der Waals surface area (Å²) in [6.07, 6.45) is -0.177.